The Hall–Kier alpha value is -1.67. The first-order valence-electron chi connectivity index (χ1n) is 5.73. The predicted molar refractivity (Wildman–Crippen MR) is 67.2 cm³/mol. The molecule has 0 unspecified atom stereocenters. The van der Waals surface area contributed by atoms with E-state index in [4.69, 9.17) is 5.73 Å². The largest absolute Gasteiger partial charge is 0.398 e. The normalized spacial score (nSPS) is 17.8. The highest BCUT2D eigenvalue weighted by atomic mass is 32.2. The number of hydrogen-bond acceptors (Lipinski definition) is 4. The molecule has 1 saturated heterocycles. The number of halogens is 1. The fourth-order valence-corrected chi connectivity index (χ4v) is 3.42. The Labute approximate surface area is 110 Å². The van der Waals surface area contributed by atoms with Crippen molar-refractivity contribution >= 4 is 21.6 Å². The van der Waals surface area contributed by atoms with E-state index in [1.165, 1.54) is 4.31 Å². The van der Waals surface area contributed by atoms with Gasteiger partial charge in [-0.3, -0.25) is 4.79 Å². The Morgan fingerprint density at radius 3 is 2.74 bits per heavy atom. The number of anilines is 1. The van der Waals surface area contributed by atoms with Crippen LogP contribution in [0.1, 0.15) is 6.42 Å². The molecule has 1 fully saturated rings. The van der Waals surface area contributed by atoms with E-state index in [1.54, 1.807) is 0 Å². The highest BCUT2D eigenvalue weighted by Crippen LogP contribution is 2.23. The number of nitrogen functional groups attached to an aromatic ring is 1. The van der Waals surface area contributed by atoms with Gasteiger partial charge in [0.1, 0.15) is 10.7 Å². The first-order valence-corrected chi connectivity index (χ1v) is 7.17. The summed E-state index contributed by atoms with van der Waals surface area (Å²) in [7, 11) is -3.81. The summed E-state index contributed by atoms with van der Waals surface area (Å²) in [5.74, 6) is -0.783. The van der Waals surface area contributed by atoms with Gasteiger partial charge in [0.05, 0.1) is 5.69 Å². The summed E-state index contributed by atoms with van der Waals surface area (Å²) in [5.41, 5.74) is 5.42. The Kier molecular flexibility index (Phi) is 3.72. The number of rotatable bonds is 2. The fourth-order valence-electron chi connectivity index (χ4n) is 1.88. The molecule has 19 heavy (non-hydrogen) atoms. The van der Waals surface area contributed by atoms with Gasteiger partial charge in [0.2, 0.25) is 15.9 Å². The van der Waals surface area contributed by atoms with Crippen LogP contribution in [0, 0.1) is 5.82 Å². The van der Waals surface area contributed by atoms with Crippen molar-refractivity contribution in [3.8, 4) is 0 Å². The SMILES string of the molecule is Nc1cc(F)ccc1S(=O)(=O)N1CCNC(=O)CC1. The molecule has 0 aliphatic carbocycles. The standard InChI is InChI=1S/C11H14FN3O3S/c12-8-1-2-10(9(13)7-8)19(17,18)15-5-3-11(16)14-4-6-15/h1-2,7H,3-6,13H2,(H,14,16). The topological polar surface area (TPSA) is 92.5 Å². The minimum Gasteiger partial charge on any atom is -0.398 e. The molecule has 2 rings (SSSR count). The van der Waals surface area contributed by atoms with Gasteiger partial charge >= 0.3 is 0 Å². The highest BCUT2D eigenvalue weighted by Gasteiger charge is 2.28. The van der Waals surface area contributed by atoms with Gasteiger partial charge in [0.25, 0.3) is 0 Å². The molecule has 6 nitrogen and oxygen atoms in total. The summed E-state index contributed by atoms with van der Waals surface area (Å²) in [6, 6.07) is 3.15. The zero-order valence-electron chi connectivity index (χ0n) is 10.1. The third-order valence-electron chi connectivity index (χ3n) is 2.86. The number of carbonyl (C=O) groups excluding carboxylic acids is 1. The molecule has 0 spiro atoms. The Bertz CT molecular complexity index is 603. The summed E-state index contributed by atoms with van der Waals surface area (Å²) < 4.78 is 38.9. The number of amides is 1. The molecule has 3 N–H and O–H groups in total. The van der Waals surface area contributed by atoms with Gasteiger partial charge in [0, 0.05) is 26.1 Å². The quantitative estimate of drug-likeness (QED) is 0.744. The van der Waals surface area contributed by atoms with Crippen molar-refractivity contribution in [3.05, 3.63) is 24.0 Å². The van der Waals surface area contributed by atoms with Crippen molar-refractivity contribution in [2.45, 2.75) is 11.3 Å². The van der Waals surface area contributed by atoms with Crippen molar-refractivity contribution in [2.75, 3.05) is 25.4 Å². The molecule has 0 bridgehead atoms. The van der Waals surface area contributed by atoms with Crippen LogP contribution < -0.4 is 11.1 Å². The molecule has 1 amide bonds. The van der Waals surface area contributed by atoms with Crippen molar-refractivity contribution < 1.29 is 17.6 Å². The van der Waals surface area contributed by atoms with Crippen LogP contribution in [0.2, 0.25) is 0 Å². The van der Waals surface area contributed by atoms with Crippen LogP contribution in [0.4, 0.5) is 10.1 Å². The lowest BCUT2D eigenvalue weighted by atomic mass is 10.3. The summed E-state index contributed by atoms with van der Waals surface area (Å²) in [6.45, 7) is 0.509. The molecule has 0 saturated carbocycles. The predicted octanol–water partition coefficient (Wildman–Crippen LogP) is -0.0815. The van der Waals surface area contributed by atoms with Gasteiger partial charge in [-0.05, 0) is 18.2 Å². The van der Waals surface area contributed by atoms with Crippen LogP contribution in [0.15, 0.2) is 23.1 Å². The Balaban J connectivity index is 2.33. The van der Waals surface area contributed by atoms with Crippen LogP contribution in [0.3, 0.4) is 0 Å². The van der Waals surface area contributed by atoms with Crippen molar-refractivity contribution in [2.24, 2.45) is 0 Å². The van der Waals surface area contributed by atoms with Gasteiger partial charge in [-0.2, -0.15) is 4.31 Å². The number of sulfonamides is 1. The first kappa shape index (κ1) is 13.8. The van der Waals surface area contributed by atoms with Gasteiger partial charge in [-0.25, -0.2) is 12.8 Å². The van der Waals surface area contributed by atoms with E-state index in [2.05, 4.69) is 5.32 Å². The summed E-state index contributed by atoms with van der Waals surface area (Å²) >= 11 is 0. The third kappa shape index (κ3) is 2.85. The lowest BCUT2D eigenvalue weighted by Crippen LogP contribution is -2.34. The van der Waals surface area contributed by atoms with Crippen molar-refractivity contribution in [3.63, 3.8) is 0 Å². The highest BCUT2D eigenvalue weighted by molar-refractivity contribution is 7.89. The number of nitrogens with zero attached hydrogens (tertiary/aromatic N) is 1. The summed E-state index contributed by atoms with van der Waals surface area (Å²) in [4.78, 5) is 11.1. The minimum absolute atomic E-state index is 0.0883. The molecule has 0 atom stereocenters. The van der Waals surface area contributed by atoms with Gasteiger partial charge in [-0.1, -0.05) is 0 Å². The van der Waals surface area contributed by atoms with Crippen LogP contribution in [0.25, 0.3) is 0 Å². The molecule has 1 heterocycles. The van der Waals surface area contributed by atoms with E-state index in [0.29, 0.717) is 0 Å². The number of carbonyl (C=O) groups is 1. The number of nitrogens with one attached hydrogen (secondary N) is 1. The molecule has 1 aromatic carbocycles. The molecule has 8 heteroatoms. The van der Waals surface area contributed by atoms with Crippen molar-refractivity contribution in [1.82, 2.24) is 9.62 Å². The molecule has 1 aromatic rings. The van der Waals surface area contributed by atoms with E-state index in [9.17, 15) is 17.6 Å². The fraction of sp³-hybridized carbons (Fsp3) is 0.364. The number of benzene rings is 1. The first-order chi connectivity index (χ1) is 8.91. The lowest BCUT2D eigenvalue weighted by Gasteiger charge is -2.20. The zero-order valence-corrected chi connectivity index (χ0v) is 10.9. The Morgan fingerprint density at radius 2 is 2.05 bits per heavy atom. The monoisotopic (exact) mass is 287 g/mol. The summed E-state index contributed by atoms with van der Waals surface area (Å²) in [5, 5.41) is 2.59. The van der Waals surface area contributed by atoms with E-state index < -0.39 is 15.8 Å². The molecule has 0 aromatic heterocycles. The minimum atomic E-state index is -3.81. The third-order valence-corrected chi connectivity index (χ3v) is 4.83. The maximum absolute atomic E-state index is 13.0. The molecule has 0 radical (unpaired) electrons. The molecular weight excluding hydrogens is 273 g/mol. The van der Waals surface area contributed by atoms with E-state index in [0.717, 1.165) is 18.2 Å². The molecule has 1 aliphatic rings. The number of hydrogen-bond donors (Lipinski definition) is 2. The van der Waals surface area contributed by atoms with Crippen LogP contribution in [-0.2, 0) is 14.8 Å². The van der Waals surface area contributed by atoms with Crippen LogP contribution >= 0.6 is 0 Å². The second kappa shape index (κ2) is 5.14. The smallest absolute Gasteiger partial charge is 0.245 e. The van der Waals surface area contributed by atoms with Gasteiger partial charge < -0.3 is 11.1 Å². The van der Waals surface area contributed by atoms with Crippen LogP contribution in [0.5, 0.6) is 0 Å². The van der Waals surface area contributed by atoms with Crippen molar-refractivity contribution in [1.29, 1.82) is 0 Å². The van der Waals surface area contributed by atoms with Crippen LogP contribution in [-0.4, -0.2) is 38.3 Å². The Morgan fingerprint density at radius 1 is 1.32 bits per heavy atom. The zero-order chi connectivity index (χ0) is 14.0. The number of nitrogens with two attached hydrogens (primary N) is 1. The molecule has 1 aliphatic heterocycles. The van der Waals surface area contributed by atoms with Gasteiger partial charge in [0.15, 0.2) is 0 Å². The second-order valence-corrected chi connectivity index (χ2v) is 6.09. The molecule has 104 valence electrons. The van der Waals surface area contributed by atoms with E-state index in [-0.39, 0.29) is 42.5 Å². The van der Waals surface area contributed by atoms with E-state index >= 15 is 0 Å². The van der Waals surface area contributed by atoms with Gasteiger partial charge in [-0.15, -0.1) is 0 Å². The average molecular weight is 287 g/mol. The maximum Gasteiger partial charge on any atom is 0.245 e. The molecular formula is C11H14FN3O3S. The summed E-state index contributed by atoms with van der Waals surface area (Å²) in [6.07, 6.45) is 0.0975. The van der Waals surface area contributed by atoms with E-state index in [1.807, 2.05) is 0 Å². The maximum atomic E-state index is 13.0. The lowest BCUT2D eigenvalue weighted by molar-refractivity contribution is -0.120. The second-order valence-electron chi connectivity index (χ2n) is 4.19. The average Bonchev–Trinajstić information content (AvgIpc) is 2.53.